The van der Waals surface area contributed by atoms with Gasteiger partial charge in [-0.05, 0) is 198 Å². The molecule has 492 valence electrons. The fourth-order valence-electron chi connectivity index (χ4n) is 17.1. The number of benzene rings is 19. The normalized spacial score (nSPS) is 12.0. The largest absolute Gasteiger partial charge is 0.455 e. The molecule has 0 bridgehead atoms. The van der Waals surface area contributed by atoms with Crippen LogP contribution in [-0.4, -0.2) is 0 Å². The highest BCUT2D eigenvalue weighted by atomic mass is 32.1. The summed E-state index contributed by atoms with van der Waals surface area (Å²) in [6.07, 6.45) is 0. The van der Waals surface area contributed by atoms with Crippen LogP contribution < -0.4 is 0 Å². The molecule has 0 fully saturated rings. The Morgan fingerprint density at radius 2 is 0.406 bits per heavy atom. The van der Waals surface area contributed by atoms with Crippen molar-refractivity contribution in [3.05, 3.63) is 364 Å². The Balaban J connectivity index is 0.000000133. The van der Waals surface area contributed by atoms with Crippen molar-refractivity contribution in [2.45, 2.75) is 0 Å². The summed E-state index contributed by atoms with van der Waals surface area (Å²) in [5, 5.41) is 25.2. The lowest BCUT2D eigenvalue weighted by Gasteiger charge is -2.14. The van der Waals surface area contributed by atoms with Gasteiger partial charge in [-0.25, -0.2) is 0 Å². The number of hydrogen-bond donors (Lipinski definition) is 0. The molecule has 0 aliphatic heterocycles. The van der Waals surface area contributed by atoms with Gasteiger partial charge in [0.2, 0.25) is 0 Å². The first-order chi connectivity index (χ1) is 52.5. The molecule has 2 nitrogen and oxygen atoms in total. The summed E-state index contributed by atoms with van der Waals surface area (Å²) < 4.78 is 18.2. The second-order valence-corrected chi connectivity index (χ2v) is 30.1. The fraction of sp³-hybridized carbons (Fsp3) is 0. The Morgan fingerprint density at radius 3 is 0.821 bits per heavy atom. The van der Waals surface area contributed by atoms with E-state index in [1.807, 2.05) is 46.9 Å². The van der Waals surface area contributed by atoms with Crippen LogP contribution in [-0.2, 0) is 0 Å². The highest BCUT2D eigenvalue weighted by molar-refractivity contribution is 7.26. The van der Waals surface area contributed by atoms with Crippen molar-refractivity contribution in [3.8, 4) is 77.9 Å². The molecule has 0 spiro atoms. The summed E-state index contributed by atoms with van der Waals surface area (Å²) in [7, 11) is 0. The van der Waals surface area contributed by atoms with Crippen LogP contribution in [0.4, 0.5) is 0 Å². The van der Waals surface area contributed by atoms with Gasteiger partial charge < -0.3 is 8.83 Å². The maximum atomic E-state index is 6.43. The molecular weight excluding hydrogens is 1320 g/mol. The minimum Gasteiger partial charge on any atom is -0.455 e. The number of furan rings is 2. The second kappa shape index (κ2) is 24.2. The van der Waals surface area contributed by atoms with Crippen molar-refractivity contribution in [2.75, 3.05) is 0 Å². The highest BCUT2D eigenvalue weighted by Gasteiger charge is 2.20. The summed E-state index contributed by atoms with van der Waals surface area (Å²) in [6.45, 7) is 0. The summed E-state index contributed by atoms with van der Waals surface area (Å²) in [5.41, 5.74) is 20.5. The van der Waals surface area contributed by atoms with Crippen molar-refractivity contribution in [1.82, 2.24) is 0 Å². The van der Waals surface area contributed by atoms with Gasteiger partial charge in [0.25, 0.3) is 0 Å². The monoisotopic (exact) mass is 1380 g/mol. The Hall–Kier alpha value is -13.2. The van der Waals surface area contributed by atoms with Gasteiger partial charge in [-0.15, -0.1) is 22.7 Å². The van der Waals surface area contributed by atoms with Crippen molar-refractivity contribution in [2.24, 2.45) is 0 Å². The molecule has 0 saturated carbocycles. The molecule has 4 aromatic heterocycles. The lowest BCUT2D eigenvalue weighted by molar-refractivity contribution is 0.669. The third kappa shape index (κ3) is 9.69. The van der Waals surface area contributed by atoms with Crippen LogP contribution in [0.1, 0.15) is 0 Å². The van der Waals surface area contributed by atoms with E-state index in [-0.39, 0.29) is 0 Å². The first kappa shape index (κ1) is 60.4. The van der Waals surface area contributed by atoms with Gasteiger partial charge in [-0.2, -0.15) is 0 Å². The van der Waals surface area contributed by atoms with Gasteiger partial charge in [0, 0.05) is 73.0 Å². The van der Waals surface area contributed by atoms with Gasteiger partial charge in [0.15, 0.2) is 0 Å². The lowest BCUT2D eigenvalue weighted by Crippen LogP contribution is -1.87. The predicted octanol–water partition coefficient (Wildman–Crippen LogP) is 30.5. The van der Waals surface area contributed by atoms with E-state index in [2.05, 4.69) is 340 Å². The Bertz CT molecular complexity index is 7410. The van der Waals surface area contributed by atoms with Crippen LogP contribution in [0, 0.1) is 0 Å². The minimum absolute atomic E-state index is 0.917. The average Bonchev–Trinajstić information content (AvgIpc) is 1.12. The van der Waals surface area contributed by atoms with Gasteiger partial charge in [-0.1, -0.05) is 297 Å². The van der Waals surface area contributed by atoms with Crippen LogP contribution in [0.5, 0.6) is 0 Å². The van der Waals surface area contributed by atoms with Gasteiger partial charge >= 0.3 is 0 Å². The molecule has 0 saturated heterocycles. The molecule has 0 unspecified atom stereocenters. The Labute approximate surface area is 617 Å². The Kier molecular flexibility index (Phi) is 13.8. The molecule has 23 rings (SSSR count). The van der Waals surface area contributed by atoms with E-state index in [0.717, 1.165) is 66.1 Å². The van der Waals surface area contributed by atoms with Crippen LogP contribution in [0.15, 0.2) is 373 Å². The van der Waals surface area contributed by atoms with E-state index in [9.17, 15) is 0 Å². The van der Waals surface area contributed by atoms with Crippen molar-refractivity contribution < 1.29 is 8.83 Å². The molecular formula is C102H60O2S2. The maximum absolute atomic E-state index is 6.43. The molecule has 0 radical (unpaired) electrons. The van der Waals surface area contributed by atoms with Crippen LogP contribution in [0.25, 0.3) is 227 Å². The molecule has 19 aromatic carbocycles. The standard InChI is InChI=1S/C54H32OS.C48H28OS/c1-2-16-42-41(15-1)43-27-25-35(34-12-8-14-38(30-34)40-20-10-22-48-46-18-4-6-24-52(46)56-54(40)48)32-50(43)44-28-26-36(31-49(42)44)33-11-7-13-37(29-33)39-19-9-21-47-45-17-3-5-23-51(45)55-53(39)47;1-2-13-36-35(12-1)37-24-22-30(29-10-7-11-31(26-29)33-16-8-18-41-39-14-3-5-20-45(39)49-47(33)41)27-43(37)38-25-23-32(28-44(36)38)34-17-9-19-42-40-15-4-6-21-46(40)50-48(34)42/h1-32H;1-28H. The highest BCUT2D eigenvalue weighted by Crippen LogP contribution is 2.48. The van der Waals surface area contributed by atoms with Crippen molar-refractivity contribution >= 4 is 172 Å². The average molecular weight is 1380 g/mol. The van der Waals surface area contributed by atoms with E-state index in [0.29, 0.717) is 0 Å². The SMILES string of the molecule is c1cc(-c2ccc3c(c2)c2ccccc2c2ccc(-c4cccc(-c5cccc6c5sc5ccccc56)c4)cc23)cc(-c2cccc3c2oc2ccccc23)c1.c1cc(-c2ccc3c4ccccc4c4cc(-c5cccc6c5sc5ccccc56)ccc4c3c2)cc(-c2cccc3c2oc2ccccc23)c1. The van der Waals surface area contributed by atoms with E-state index >= 15 is 0 Å². The lowest BCUT2D eigenvalue weighted by atomic mass is 9.89. The number of fused-ring (bicyclic) bond motifs is 24. The molecule has 0 amide bonds. The van der Waals surface area contributed by atoms with Gasteiger partial charge in [0.1, 0.15) is 22.3 Å². The van der Waals surface area contributed by atoms with Crippen LogP contribution in [0.2, 0.25) is 0 Å². The third-order valence-corrected chi connectivity index (χ3v) is 24.6. The molecule has 4 heterocycles. The topological polar surface area (TPSA) is 26.3 Å². The number of thiophene rings is 2. The fourth-order valence-corrected chi connectivity index (χ4v) is 19.6. The zero-order valence-electron chi connectivity index (χ0n) is 57.3. The third-order valence-electron chi connectivity index (χ3n) is 22.1. The second-order valence-electron chi connectivity index (χ2n) is 28.0. The molecule has 0 N–H and O–H groups in total. The van der Waals surface area contributed by atoms with Crippen LogP contribution >= 0.6 is 22.7 Å². The zero-order valence-corrected chi connectivity index (χ0v) is 58.9. The predicted molar refractivity (Wildman–Crippen MR) is 456 cm³/mol. The minimum atomic E-state index is 0.917. The molecule has 23 aromatic rings. The van der Waals surface area contributed by atoms with E-state index in [1.54, 1.807) is 0 Å². The summed E-state index contributed by atoms with van der Waals surface area (Å²) in [5.74, 6) is 0. The van der Waals surface area contributed by atoms with E-state index < -0.39 is 0 Å². The van der Waals surface area contributed by atoms with E-state index in [1.165, 1.54) is 161 Å². The molecule has 4 heteroatoms. The van der Waals surface area contributed by atoms with Gasteiger partial charge in [0.05, 0.1) is 0 Å². The zero-order chi connectivity index (χ0) is 69.5. The van der Waals surface area contributed by atoms with Gasteiger partial charge in [-0.3, -0.25) is 0 Å². The number of rotatable bonds is 7. The quantitative estimate of drug-likeness (QED) is 0.149. The maximum Gasteiger partial charge on any atom is 0.143 e. The Morgan fingerprint density at radius 1 is 0.151 bits per heavy atom. The molecule has 0 atom stereocenters. The number of para-hydroxylation sites is 4. The molecule has 0 aliphatic rings. The summed E-state index contributed by atoms with van der Waals surface area (Å²) in [4.78, 5) is 0. The van der Waals surface area contributed by atoms with Crippen molar-refractivity contribution in [1.29, 1.82) is 0 Å². The summed E-state index contributed by atoms with van der Waals surface area (Å²) in [6, 6.07) is 133. The molecule has 106 heavy (non-hydrogen) atoms. The first-order valence-corrected chi connectivity index (χ1v) is 37.9. The van der Waals surface area contributed by atoms with E-state index in [4.69, 9.17) is 8.83 Å². The molecule has 0 aliphatic carbocycles. The van der Waals surface area contributed by atoms with Crippen LogP contribution in [0.3, 0.4) is 0 Å². The first-order valence-electron chi connectivity index (χ1n) is 36.2. The smallest absolute Gasteiger partial charge is 0.143 e. The number of hydrogen-bond acceptors (Lipinski definition) is 4. The summed E-state index contributed by atoms with van der Waals surface area (Å²) >= 11 is 3.77. The van der Waals surface area contributed by atoms with Crippen molar-refractivity contribution in [3.63, 3.8) is 0 Å².